The molecular formula is C2H7N2O3PS. The number of carbonyl (C=O) groups is 1. The van der Waals surface area contributed by atoms with Crippen molar-refractivity contribution in [3.63, 3.8) is 0 Å². The average Bonchev–Trinajstić information content (AvgIpc) is 1.82. The van der Waals surface area contributed by atoms with Gasteiger partial charge < -0.3 is 9.67 Å². The summed E-state index contributed by atoms with van der Waals surface area (Å²) in [5.41, 5.74) is 0. The second-order valence-electron chi connectivity index (χ2n) is 1.11. The van der Waals surface area contributed by atoms with Gasteiger partial charge >= 0.3 is 6.09 Å². The van der Waals surface area contributed by atoms with Gasteiger partial charge in [-0.2, -0.15) is 4.49 Å². The van der Waals surface area contributed by atoms with Gasteiger partial charge in [-0.1, -0.05) is 0 Å². The number of nitrogens with zero attached hydrogens (tertiary/aromatic N) is 1. The molecule has 0 aromatic carbocycles. The molecule has 0 aromatic heterocycles. The molecule has 0 aliphatic rings. The maximum atomic E-state index is 9.98. The standard InChI is InChI=1S/C2H7N2O3PS/c1-4(2(5)6)9-3-8-7/h8H2,1H3,(H,3,7)(H,5,6). The van der Waals surface area contributed by atoms with Gasteiger partial charge in [-0.05, 0) is 0 Å². The van der Waals surface area contributed by atoms with Gasteiger partial charge in [-0.3, -0.25) is 0 Å². The molecule has 2 N–H and O–H groups in total. The van der Waals surface area contributed by atoms with Crippen molar-refractivity contribution in [1.29, 1.82) is 0 Å². The first-order valence-electron chi connectivity index (χ1n) is 2.01. The molecule has 54 valence electrons. The zero-order chi connectivity index (χ0) is 7.28. The van der Waals surface area contributed by atoms with Gasteiger partial charge in [0.15, 0.2) is 0 Å². The number of rotatable bonds is 3. The van der Waals surface area contributed by atoms with Gasteiger partial charge in [0.05, 0.1) is 0 Å². The van der Waals surface area contributed by atoms with Crippen LogP contribution in [0.2, 0.25) is 0 Å². The van der Waals surface area contributed by atoms with Crippen LogP contribution in [0, 0.1) is 0 Å². The van der Waals surface area contributed by atoms with Crippen molar-refractivity contribution in [2.45, 2.75) is 0 Å². The van der Waals surface area contributed by atoms with Gasteiger partial charge in [0.25, 0.3) is 0 Å². The van der Waals surface area contributed by atoms with E-state index in [4.69, 9.17) is 5.11 Å². The van der Waals surface area contributed by atoms with Gasteiger partial charge in [-0.15, -0.1) is 0 Å². The Balaban J connectivity index is 3.37. The Bertz CT molecular complexity index is 120. The molecule has 0 aromatic rings. The summed E-state index contributed by atoms with van der Waals surface area (Å²) in [5.74, 6) is 0. The molecular weight excluding hydrogens is 163 g/mol. The molecule has 0 rings (SSSR count). The molecule has 1 unspecified atom stereocenters. The van der Waals surface area contributed by atoms with Crippen molar-refractivity contribution >= 4 is 26.8 Å². The quantitative estimate of drug-likeness (QED) is 0.474. The van der Waals surface area contributed by atoms with Crippen LogP contribution in [0.25, 0.3) is 0 Å². The third-order valence-corrected chi connectivity index (χ3v) is 1.74. The molecule has 0 spiro atoms. The van der Waals surface area contributed by atoms with Gasteiger partial charge in [-0.25, -0.2) is 9.10 Å². The van der Waals surface area contributed by atoms with E-state index in [1.807, 2.05) is 0 Å². The van der Waals surface area contributed by atoms with Crippen LogP contribution >= 0.6 is 20.7 Å². The average molecular weight is 170 g/mol. The van der Waals surface area contributed by atoms with Crippen molar-refractivity contribution in [3.8, 4) is 0 Å². The van der Waals surface area contributed by atoms with Crippen molar-refractivity contribution in [1.82, 2.24) is 8.80 Å². The molecule has 0 saturated heterocycles. The third kappa shape index (κ3) is 4.32. The lowest BCUT2D eigenvalue weighted by Crippen LogP contribution is -2.18. The molecule has 0 bridgehead atoms. The van der Waals surface area contributed by atoms with Crippen LogP contribution in [0.4, 0.5) is 4.79 Å². The lowest BCUT2D eigenvalue weighted by molar-refractivity contribution is 0.181. The maximum Gasteiger partial charge on any atom is 0.418 e. The van der Waals surface area contributed by atoms with E-state index < -0.39 is 14.7 Å². The highest BCUT2D eigenvalue weighted by atomic mass is 32.2. The van der Waals surface area contributed by atoms with E-state index in [1.54, 1.807) is 0 Å². The number of carboxylic acid groups (broad SMARTS) is 1. The van der Waals surface area contributed by atoms with Crippen LogP contribution < -0.4 is 4.49 Å². The van der Waals surface area contributed by atoms with Crippen LogP contribution in [-0.4, -0.2) is 22.6 Å². The fourth-order valence-electron chi connectivity index (χ4n) is 0.140. The number of hydrogen-bond acceptors (Lipinski definition) is 3. The number of amides is 1. The first-order chi connectivity index (χ1) is 4.18. The van der Waals surface area contributed by atoms with Crippen LogP contribution in [-0.2, 0) is 4.57 Å². The summed E-state index contributed by atoms with van der Waals surface area (Å²) in [5, 5.41) is 8.18. The Hall–Kier alpha value is -0.190. The monoisotopic (exact) mass is 170 g/mol. The van der Waals surface area contributed by atoms with Crippen LogP contribution in [0.15, 0.2) is 0 Å². The van der Waals surface area contributed by atoms with E-state index >= 15 is 0 Å². The molecule has 5 nitrogen and oxygen atoms in total. The number of nitrogens with one attached hydrogen (secondary N) is 1. The van der Waals surface area contributed by atoms with E-state index in [0.29, 0.717) is 0 Å². The Morgan fingerprint density at radius 3 is 2.78 bits per heavy atom. The molecule has 0 aliphatic heterocycles. The minimum atomic E-state index is -1.10. The summed E-state index contributed by atoms with van der Waals surface area (Å²) in [6.07, 6.45) is -1.07. The predicted octanol–water partition coefficient (Wildman–Crippen LogP) is 0.420. The molecule has 0 radical (unpaired) electrons. The smallest absolute Gasteiger partial charge is 0.418 e. The van der Waals surface area contributed by atoms with Crippen LogP contribution in [0.3, 0.4) is 0 Å². The second kappa shape index (κ2) is 4.67. The first-order valence-corrected chi connectivity index (χ1v) is 3.83. The Morgan fingerprint density at radius 1 is 1.89 bits per heavy atom. The Kier molecular flexibility index (Phi) is 4.57. The zero-order valence-electron chi connectivity index (χ0n) is 4.70. The Morgan fingerprint density at radius 2 is 2.44 bits per heavy atom. The molecule has 0 fully saturated rings. The molecule has 0 saturated carbocycles. The van der Waals surface area contributed by atoms with Gasteiger partial charge in [0, 0.05) is 19.2 Å². The highest BCUT2D eigenvalue weighted by Gasteiger charge is 2.02. The summed E-state index contributed by atoms with van der Waals surface area (Å²) < 4.78 is 13.0. The van der Waals surface area contributed by atoms with E-state index in [0.717, 1.165) is 16.4 Å². The van der Waals surface area contributed by atoms with Crippen molar-refractivity contribution in [2.75, 3.05) is 7.05 Å². The predicted molar refractivity (Wildman–Crippen MR) is 36.9 cm³/mol. The van der Waals surface area contributed by atoms with E-state index in [1.165, 1.54) is 7.05 Å². The number of hydrogen-bond donors (Lipinski definition) is 2. The van der Waals surface area contributed by atoms with Crippen molar-refractivity contribution in [3.05, 3.63) is 0 Å². The van der Waals surface area contributed by atoms with E-state index in [9.17, 15) is 9.36 Å². The molecule has 9 heavy (non-hydrogen) atoms. The van der Waals surface area contributed by atoms with E-state index in [2.05, 4.69) is 4.49 Å². The highest BCUT2D eigenvalue weighted by Crippen LogP contribution is 2.04. The third-order valence-electron chi connectivity index (χ3n) is 0.507. The summed E-state index contributed by atoms with van der Waals surface area (Å²) in [7, 11) is 0.255. The second-order valence-corrected chi connectivity index (χ2v) is 3.02. The summed E-state index contributed by atoms with van der Waals surface area (Å²) in [4.78, 5) is 9.98. The van der Waals surface area contributed by atoms with Crippen molar-refractivity contribution < 1.29 is 14.5 Å². The molecule has 0 heterocycles. The van der Waals surface area contributed by atoms with Gasteiger partial charge in [0.1, 0.15) is 8.61 Å². The highest BCUT2D eigenvalue weighted by molar-refractivity contribution is 7.98. The maximum absolute atomic E-state index is 9.98. The van der Waals surface area contributed by atoms with Crippen molar-refractivity contribution in [2.24, 2.45) is 0 Å². The van der Waals surface area contributed by atoms with Crippen LogP contribution in [0.5, 0.6) is 0 Å². The lowest BCUT2D eigenvalue weighted by atomic mass is 11.1. The summed E-state index contributed by atoms with van der Waals surface area (Å²) >= 11 is 0.793. The van der Waals surface area contributed by atoms with Gasteiger partial charge in [0.2, 0.25) is 0 Å². The molecule has 1 amide bonds. The fourth-order valence-corrected chi connectivity index (χ4v) is 1.02. The summed E-state index contributed by atoms with van der Waals surface area (Å²) in [6.45, 7) is 0. The molecule has 0 aliphatic carbocycles. The normalized spacial score (nSPS) is 10.3. The molecule has 1 atom stereocenters. The fraction of sp³-hybridized carbons (Fsp3) is 0.500. The zero-order valence-corrected chi connectivity index (χ0v) is 6.67. The minimum absolute atomic E-state index is 0.793. The SMILES string of the molecule is CN(SN[PH2]=O)C(=O)O. The van der Waals surface area contributed by atoms with E-state index in [-0.39, 0.29) is 0 Å². The topological polar surface area (TPSA) is 69.6 Å². The largest absolute Gasteiger partial charge is 0.464 e. The first kappa shape index (κ1) is 8.81. The molecule has 7 heteroatoms. The summed E-state index contributed by atoms with van der Waals surface area (Å²) in [6, 6.07) is 0. The van der Waals surface area contributed by atoms with Crippen LogP contribution in [0.1, 0.15) is 0 Å². The Labute approximate surface area is 57.9 Å². The minimum Gasteiger partial charge on any atom is -0.464 e. The lowest BCUT2D eigenvalue weighted by Gasteiger charge is -2.07.